The van der Waals surface area contributed by atoms with Crippen molar-refractivity contribution in [2.75, 3.05) is 14.2 Å². The lowest BCUT2D eigenvalue weighted by Crippen LogP contribution is -2.27. The fourth-order valence-electron chi connectivity index (χ4n) is 2.39. The lowest BCUT2D eigenvalue weighted by molar-refractivity contribution is -0.0206. The van der Waals surface area contributed by atoms with Crippen LogP contribution in [0, 0.1) is 0 Å². The third kappa shape index (κ3) is 3.17. The second-order valence-electron chi connectivity index (χ2n) is 4.72. The molecule has 0 aromatic heterocycles. The standard InChI is InChI=1S/C15H18O5/c1-18-12-7-4-8-13(12)20-15(17)11-6-3-5-10(9-11)14(16)19-2/h3,5-6,9,12-13H,4,7-8H2,1-2H3/t12-,13+/m1/s1. The zero-order valence-corrected chi connectivity index (χ0v) is 11.6. The van der Waals surface area contributed by atoms with Crippen molar-refractivity contribution in [2.24, 2.45) is 0 Å². The van der Waals surface area contributed by atoms with Gasteiger partial charge in [0.25, 0.3) is 0 Å². The molecular formula is C15H18O5. The monoisotopic (exact) mass is 278 g/mol. The van der Waals surface area contributed by atoms with Crippen molar-refractivity contribution in [3.8, 4) is 0 Å². The van der Waals surface area contributed by atoms with E-state index in [0.717, 1.165) is 19.3 Å². The Labute approximate surface area is 117 Å². The smallest absolute Gasteiger partial charge is 0.338 e. The van der Waals surface area contributed by atoms with Gasteiger partial charge in [0, 0.05) is 7.11 Å². The van der Waals surface area contributed by atoms with Crippen LogP contribution in [0.2, 0.25) is 0 Å². The van der Waals surface area contributed by atoms with Crippen LogP contribution in [0.15, 0.2) is 24.3 Å². The molecule has 0 saturated heterocycles. The van der Waals surface area contributed by atoms with Crippen molar-refractivity contribution in [2.45, 2.75) is 31.5 Å². The van der Waals surface area contributed by atoms with Crippen LogP contribution in [0.25, 0.3) is 0 Å². The molecule has 20 heavy (non-hydrogen) atoms. The van der Waals surface area contributed by atoms with Crippen LogP contribution in [0.4, 0.5) is 0 Å². The van der Waals surface area contributed by atoms with Gasteiger partial charge in [-0.2, -0.15) is 0 Å². The fraction of sp³-hybridized carbons (Fsp3) is 0.467. The molecule has 1 aromatic rings. The molecule has 5 nitrogen and oxygen atoms in total. The Morgan fingerprint density at radius 3 is 2.35 bits per heavy atom. The summed E-state index contributed by atoms with van der Waals surface area (Å²) >= 11 is 0. The Morgan fingerprint density at radius 2 is 1.70 bits per heavy atom. The van der Waals surface area contributed by atoms with Gasteiger partial charge in [-0.1, -0.05) is 6.07 Å². The van der Waals surface area contributed by atoms with E-state index in [-0.39, 0.29) is 12.2 Å². The predicted molar refractivity (Wildman–Crippen MR) is 71.6 cm³/mol. The normalized spacial score (nSPS) is 21.5. The van der Waals surface area contributed by atoms with E-state index in [1.165, 1.54) is 13.2 Å². The fourth-order valence-corrected chi connectivity index (χ4v) is 2.39. The molecule has 108 valence electrons. The minimum absolute atomic E-state index is 0.0391. The molecule has 1 aliphatic rings. The second-order valence-corrected chi connectivity index (χ2v) is 4.72. The summed E-state index contributed by atoms with van der Waals surface area (Å²) in [7, 11) is 2.92. The number of methoxy groups -OCH3 is 2. The van der Waals surface area contributed by atoms with Gasteiger partial charge in [-0.05, 0) is 37.5 Å². The molecular weight excluding hydrogens is 260 g/mol. The summed E-state index contributed by atoms with van der Waals surface area (Å²) in [5, 5.41) is 0. The maximum Gasteiger partial charge on any atom is 0.338 e. The van der Waals surface area contributed by atoms with E-state index >= 15 is 0 Å². The first-order chi connectivity index (χ1) is 9.65. The molecule has 0 aliphatic heterocycles. The largest absolute Gasteiger partial charge is 0.465 e. The zero-order chi connectivity index (χ0) is 14.5. The van der Waals surface area contributed by atoms with Crippen LogP contribution in [-0.2, 0) is 14.2 Å². The molecule has 5 heteroatoms. The predicted octanol–water partition coefficient (Wildman–Crippen LogP) is 2.20. The van der Waals surface area contributed by atoms with Crippen molar-refractivity contribution < 1.29 is 23.8 Å². The molecule has 2 atom stereocenters. The van der Waals surface area contributed by atoms with Gasteiger partial charge in [0.2, 0.25) is 0 Å². The quantitative estimate of drug-likeness (QED) is 0.790. The van der Waals surface area contributed by atoms with Crippen LogP contribution in [-0.4, -0.2) is 38.4 Å². The molecule has 2 rings (SSSR count). The molecule has 1 aromatic carbocycles. The van der Waals surface area contributed by atoms with Crippen molar-refractivity contribution >= 4 is 11.9 Å². The number of carbonyl (C=O) groups is 2. The van der Waals surface area contributed by atoms with E-state index in [1.54, 1.807) is 25.3 Å². The van der Waals surface area contributed by atoms with E-state index in [0.29, 0.717) is 11.1 Å². The number of carbonyl (C=O) groups excluding carboxylic acids is 2. The van der Waals surface area contributed by atoms with Gasteiger partial charge < -0.3 is 14.2 Å². The highest BCUT2D eigenvalue weighted by Gasteiger charge is 2.30. The summed E-state index contributed by atoms with van der Waals surface area (Å²) in [4.78, 5) is 23.5. The van der Waals surface area contributed by atoms with Gasteiger partial charge in [-0.15, -0.1) is 0 Å². The third-order valence-corrected chi connectivity index (χ3v) is 3.47. The first-order valence-electron chi connectivity index (χ1n) is 6.58. The lowest BCUT2D eigenvalue weighted by atomic mass is 10.1. The third-order valence-electron chi connectivity index (χ3n) is 3.47. The Hall–Kier alpha value is -1.88. The minimum atomic E-state index is -0.477. The van der Waals surface area contributed by atoms with E-state index in [9.17, 15) is 9.59 Å². The minimum Gasteiger partial charge on any atom is -0.465 e. The van der Waals surface area contributed by atoms with Gasteiger partial charge in [-0.25, -0.2) is 9.59 Å². The number of rotatable bonds is 4. The number of ether oxygens (including phenoxy) is 3. The SMILES string of the molecule is COC(=O)c1cccc(C(=O)O[C@H]2CCC[C@H]2OC)c1. The topological polar surface area (TPSA) is 61.8 Å². The van der Waals surface area contributed by atoms with Crippen molar-refractivity contribution in [1.82, 2.24) is 0 Å². The van der Waals surface area contributed by atoms with Gasteiger partial charge >= 0.3 is 11.9 Å². The second kappa shape index (κ2) is 6.52. The highest BCUT2D eigenvalue weighted by Crippen LogP contribution is 2.25. The Balaban J connectivity index is 2.07. The summed E-state index contributed by atoms with van der Waals surface area (Å²) in [5.41, 5.74) is 0.673. The van der Waals surface area contributed by atoms with E-state index in [4.69, 9.17) is 9.47 Å². The summed E-state index contributed by atoms with van der Waals surface area (Å²) < 4.78 is 15.4. The van der Waals surface area contributed by atoms with Crippen LogP contribution >= 0.6 is 0 Å². The molecule has 0 unspecified atom stereocenters. The van der Waals surface area contributed by atoms with Crippen LogP contribution in [0.5, 0.6) is 0 Å². The van der Waals surface area contributed by atoms with E-state index in [2.05, 4.69) is 4.74 Å². The lowest BCUT2D eigenvalue weighted by Gasteiger charge is -2.18. The average Bonchev–Trinajstić information content (AvgIpc) is 2.93. The molecule has 0 radical (unpaired) electrons. The van der Waals surface area contributed by atoms with Crippen molar-refractivity contribution in [3.63, 3.8) is 0 Å². The average molecular weight is 278 g/mol. The Kier molecular flexibility index (Phi) is 4.74. The van der Waals surface area contributed by atoms with Gasteiger partial charge in [-0.3, -0.25) is 0 Å². The van der Waals surface area contributed by atoms with Gasteiger partial charge in [0.1, 0.15) is 6.10 Å². The molecule has 1 aliphatic carbocycles. The highest BCUT2D eigenvalue weighted by molar-refractivity contribution is 5.95. The Bertz CT molecular complexity index is 497. The zero-order valence-electron chi connectivity index (χ0n) is 11.6. The van der Waals surface area contributed by atoms with Crippen LogP contribution in [0.1, 0.15) is 40.0 Å². The summed E-state index contributed by atoms with van der Waals surface area (Å²) in [6.45, 7) is 0. The molecule has 0 bridgehead atoms. The Morgan fingerprint density at radius 1 is 1.05 bits per heavy atom. The molecule has 0 N–H and O–H groups in total. The van der Waals surface area contributed by atoms with Gasteiger partial charge in [0.15, 0.2) is 0 Å². The molecule has 0 spiro atoms. The van der Waals surface area contributed by atoms with E-state index < -0.39 is 11.9 Å². The maximum absolute atomic E-state index is 12.1. The van der Waals surface area contributed by atoms with Crippen molar-refractivity contribution in [1.29, 1.82) is 0 Å². The number of hydrogen-bond donors (Lipinski definition) is 0. The summed E-state index contributed by atoms with van der Waals surface area (Å²) in [5.74, 6) is -0.917. The molecule has 1 fully saturated rings. The number of benzene rings is 1. The summed E-state index contributed by atoms with van der Waals surface area (Å²) in [6, 6.07) is 6.32. The van der Waals surface area contributed by atoms with Crippen LogP contribution < -0.4 is 0 Å². The van der Waals surface area contributed by atoms with Gasteiger partial charge in [0.05, 0.1) is 24.3 Å². The van der Waals surface area contributed by atoms with E-state index in [1.807, 2.05) is 0 Å². The molecule has 0 amide bonds. The number of hydrogen-bond acceptors (Lipinski definition) is 5. The number of esters is 2. The summed E-state index contributed by atoms with van der Waals surface area (Å²) in [6.07, 6.45) is 2.44. The van der Waals surface area contributed by atoms with Crippen LogP contribution in [0.3, 0.4) is 0 Å². The first-order valence-corrected chi connectivity index (χ1v) is 6.58. The highest BCUT2D eigenvalue weighted by atomic mass is 16.6. The van der Waals surface area contributed by atoms with Crippen molar-refractivity contribution in [3.05, 3.63) is 35.4 Å². The molecule has 0 heterocycles. The molecule has 1 saturated carbocycles. The maximum atomic E-state index is 12.1. The first kappa shape index (κ1) is 14.5.